The molecule has 2 aliphatic rings. The molecule has 33 heavy (non-hydrogen) atoms. The van der Waals surface area contributed by atoms with E-state index in [-0.39, 0.29) is 5.41 Å². The molecule has 1 aliphatic heterocycles. The van der Waals surface area contributed by atoms with E-state index in [1.165, 1.54) is 11.1 Å². The van der Waals surface area contributed by atoms with Crippen LogP contribution < -0.4 is 10.8 Å². The van der Waals surface area contributed by atoms with Crippen LogP contribution in [0.5, 0.6) is 0 Å². The third-order valence-corrected chi connectivity index (χ3v) is 7.00. The number of carbonyl (C=O) groups excluding carboxylic acids is 1. The van der Waals surface area contributed by atoms with Gasteiger partial charge in [0.2, 0.25) is 0 Å². The predicted molar refractivity (Wildman–Crippen MR) is 130 cm³/mol. The Morgan fingerprint density at radius 2 is 1.64 bits per heavy atom. The summed E-state index contributed by atoms with van der Waals surface area (Å²) in [6.07, 6.45) is 2.98. The van der Waals surface area contributed by atoms with E-state index in [0.717, 1.165) is 24.0 Å². The van der Waals surface area contributed by atoms with Crippen molar-refractivity contribution >= 4 is 18.7 Å². The van der Waals surface area contributed by atoms with Gasteiger partial charge < -0.3 is 19.4 Å². The zero-order valence-corrected chi connectivity index (χ0v) is 20.8. The maximum absolute atomic E-state index is 12.5. The summed E-state index contributed by atoms with van der Waals surface area (Å²) in [5.74, 6) is 0. The Morgan fingerprint density at radius 3 is 2.18 bits per heavy atom. The van der Waals surface area contributed by atoms with Gasteiger partial charge >= 0.3 is 13.2 Å². The molecule has 2 heterocycles. The molecule has 1 amide bonds. The lowest BCUT2D eigenvalue weighted by atomic mass is 9.75. The number of nitrogens with one attached hydrogen (secondary N) is 1. The van der Waals surface area contributed by atoms with Crippen LogP contribution in [0.3, 0.4) is 0 Å². The molecule has 1 fully saturated rings. The molecule has 0 atom stereocenters. The largest absolute Gasteiger partial charge is 0.494 e. The Balaban J connectivity index is 1.63. The van der Waals surface area contributed by atoms with Crippen LogP contribution in [0.15, 0.2) is 42.6 Å². The maximum Gasteiger partial charge on any atom is 0.494 e. The molecular formula is C26H35BN2O4. The maximum atomic E-state index is 12.5. The van der Waals surface area contributed by atoms with Gasteiger partial charge in [-0.1, -0.05) is 24.3 Å². The Morgan fingerprint density at radius 1 is 1.06 bits per heavy atom. The zero-order valence-electron chi connectivity index (χ0n) is 20.8. The Hall–Kier alpha value is -2.38. The lowest BCUT2D eigenvalue weighted by Gasteiger charge is -2.32. The van der Waals surface area contributed by atoms with Gasteiger partial charge in [0.25, 0.3) is 0 Å². The van der Waals surface area contributed by atoms with Crippen LogP contribution in [0.1, 0.15) is 65.3 Å². The Bertz CT molecular complexity index is 1000. The summed E-state index contributed by atoms with van der Waals surface area (Å²) in [4.78, 5) is 17.3. The highest BCUT2D eigenvalue weighted by atomic mass is 16.7. The Kier molecular flexibility index (Phi) is 5.86. The number of fused-ring (bicyclic) bond motifs is 1. The average Bonchev–Trinajstić information content (AvgIpc) is 3.20. The fourth-order valence-corrected chi connectivity index (χ4v) is 4.51. The summed E-state index contributed by atoms with van der Waals surface area (Å²) in [5.41, 5.74) is 2.66. The highest BCUT2D eigenvalue weighted by molar-refractivity contribution is 6.62. The first kappa shape index (κ1) is 23.8. The molecule has 1 aliphatic carbocycles. The van der Waals surface area contributed by atoms with Crippen molar-refractivity contribution in [3.8, 4) is 0 Å². The van der Waals surface area contributed by atoms with Crippen molar-refractivity contribution in [3.63, 3.8) is 0 Å². The number of aromatic nitrogens is 1. The summed E-state index contributed by atoms with van der Waals surface area (Å²) < 4.78 is 18.0. The lowest BCUT2D eigenvalue weighted by molar-refractivity contribution is 0.00578. The number of nitrogens with zero attached hydrogens (tertiary/aromatic N) is 1. The van der Waals surface area contributed by atoms with E-state index < -0.39 is 30.0 Å². The molecule has 4 rings (SSSR count). The van der Waals surface area contributed by atoms with Crippen LogP contribution in [0, 0.1) is 0 Å². The van der Waals surface area contributed by atoms with Crippen molar-refractivity contribution < 1.29 is 18.8 Å². The van der Waals surface area contributed by atoms with Crippen molar-refractivity contribution in [2.24, 2.45) is 0 Å². The van der Waals surface area contributed by atoms with Crippen molar-refractivity contribution in [1.82, 2.24) is 10.3 Å². The van der Waals surface area contributed by atoms with Gasteiger partial charge in [-0.25, -0.2) is 4.79 Å². The number of hydrogen-bond donors (Lipinski definition) is 1. The van der Waals surface area contributed by atoms with E-state index >= 15 is 0 Å². The molecular weight excluding hydrogens is 415 g/mol. The summed E-state index contributed by atoms with van der Waals surface area (Å²) >= 11 is 0. The van der Waals surface area contributed by atoms with E-state index in [1.54, 1.807) is 0 Å². The number of rotatable bonds is 4. The number of benzene rings is 1. The molecule has 176 valence electrons. The van der Waals surface area contributed by atoms with Crippen molar-refractivity contribution in [1.29, 1.82) is 0 Å². The summed E-state index contributed by atoms with van der Waals surface area (Å²) in [5, 5.41) is 3.01. The molecule has 7 heteroatoms. The monoisotopic (exact) mass is 450 g/mol. The average molecular weight is 450 g/mol. The standard InChI is InChI=1S/C26H35BN2O4/c1-23(2,3)31-22(30)29-17-26(15-18-10-8-9-11-19(18)16-26)21-14-20(12-13-28-21)27-32-24(4,5)25(6,7)33-27/h8-14H,15-17H2,1-7H3,(H,29,30). The van der Waals surface area contributed by atoms with Crippen LogP contribution in [0.25, 0.3) is 0 Å². The molecule has 1 aromatic carbocycles. The SMILES string of the molecule is CC(C)(C)OC(=O)NCC1(c2cc(B3OC(C)(C)C(C)(C)O3)ccn2)Cc2ccccc2C1. The molecule has 0 unspecified atom stereocenters. The van der Waals surface area contributed by atoms with E-state index in [9.17, 15) is 4.79 Å². The van der Waals surface area contributed by atoms with E-state index in [4.69, 9.17) is 19.0 Å². The quantitative estimate of drug-likeness (QED) is 0.715. The van der Waals surface area contributed by atoms with Gasteiger partial charge in [0, 0.05) is 23.9 Å². The molecule has 1 aromatic heterocycles. The fourth-order valence-electron chi connectivity index (χ4n) is 4.51. The number of ether oxygens (including phenoxy) is 1. The third-order valence-electron chi connectivity index (χ3n) is 7.00. The van der Waals surface area contributed by atoms with E-state index in [0.29, 0.717) is 6.54 Å². The molecule has 0 bridgehead atoms. The van der Waals surface area contributed by atoms with Gasteiger partial charge in [-0.15, -0.1) is 0 Å². The predicted octanol–water partition coefficient (Wildman–Crippen LogP) is 3.94. The number of amides is 1. The smallest absolute Gasteiger partial charge is 0.444 e. The summed E-state index contributed by atoms with van der Waals surface area (Å²) in [6.45, 7) is 14.2. The van der Waals surface area contributed by atoms with Crippen LogP contribution >= 0.6 is 0 Å². The Labute approximate surface area is 197 Å². The molecule has 6 nitrogen and oxygen atoms in total. The third kappa shape index (κ3) is 4.80. The van der Waals surface area contributed by atoms with Crippen LogP contribution in [0.2, 0.25) is 0 Å². The van der Waals surface area contributed by atoms with Crippen LogP contribution in [-0.2, 0) is 32.3 Å². The number of alkyl carbamates (subject to hydrolysis) is 1. The van der Waals surface area contributed by atoms with Crippen molar-refractivity contribution in [2.75, 3.05) is 6.54 Å². The minimum absolute atomic E-state index is 0.375. The summed E-state index contributed by atoms with van der Waals surface area (Å²) in [7, 11) is -0.462. The van der Waals surface area contributed by atoms with Crippen molar-refractivity contribution in [2.45, 2.75) is 83.5 Å². The van der Waals surface area contributed by atoms with Gasteiger partial charge in [0.1, 0.15) is 5.60 Å². The minimum atomic E-state index is -0.551. The first-order chi connectivity index (χ1) is 15.3. The molecule has 0 radical (unpaired) electrons. The number of carbonyl (C=O) groups is 1. The van der Waals surface area contributed by atoms with Gasteiger partial charge in [-0.2, -0.15) is 0 Å². The molecule has 1 N–H and O–H groups in total. The molecule has 0 spiro atoms. The lowest BCUT2D eigenvalue weighted by Crippen LogP contribution is -2.45. The van der Waals surface area contributed by atoms with Gasteiger partial charge in [-0.05, 0) is 90.0 Å². The van der Waals surface area contributed by atoms with E-state index in [1.807, 2.05) is 33.0 Å². The normalized spacial score (nSPS) is 20.4. The molecule has 0 saturated carbocycles. The first-order valence-corrected chi connectivity index (χ1v) is 11.7. The zero-order chi connectivity index (χ0) is 24.1. The topological polar surface area (TPSA) is 69.7 Å². The summed E-state index contributed by atoms with van der Waals surface area (Å²) in [6, 6.07) is 12.5. The van der Waals surface area contributed by atoms with Gasteiger partial charge in [0.05, 0.1) is 11.2 Å². The molecule has 1 saturated heterocycles. The number of pyridine rings is 1. The van der Waals surface area contributed by atoms with Gasteiger partial charge in [-0.3, -0.25) is 4.98 Å². The second-order valence-electron chi connectivity index (χ2n) is 11.3. The fraction of sp³-hybridized carbons (Fsp3) is 0.538. The van der Waals surface area contributed by atoms with Gasteiger partial charge in [0.15, 0.2) is 0 Å². The highest BCUT2D eigenvalue weighted by Crippen LogP contribution is 2.40. The minimum Gasteiger partial charge on any atom is -0.444 e. The highest BCUT2D eigenvalue weighted by Gasteiger charge is 2.52. The van der Waals surface area contributed by atoms with Crippen LogP contribution in [-0.4, -0.2) is 41.5 Å². The second-order valence-corrected chi connectivity index (χ2v) is 11.3. The van der Waals surface area contributed by atoms with E-state index in [2.05, 4.69) is 63.3 Å². The number of hydrogen-bond acceptors (Lipinski definition) is 5. The van der Waals surface area contributed by atoms with Crippen LogP contribution in [0.4, 0.5) is 4.79 Å². The second kappa shape index (κ2) is 8.14. The first-order valence-electron chi connectivity index (χ1n) is 11.7. The molecule has 2 aromatic rings. The van der Waals surface area contributed by atoms with Crippen molar-refractivity contribution in [3.05, 3.63) is 59.4 Å².